The lowest BCUT2D eigenvalue weighted by atomic mass is 9.33. The molecule has 6 aliphatic rings. The maximum absolute atomic E-state index is 2.82. The molecule has 0 aromatic heterocycles. The fourth-order valence-corrected chi connectivity index (χ4v) is 15.6. The normalized spacial score (nSPS) is 24.5. The van der Waals surface area contributed by atoms with Crippen LogP contribution in [-0.4, -0.2) is 17.8 Å². The second kappa shape index (κ2) is 16.2. The molecule has 75 heavy (non-hydrogen) atoms. The first-order valence-corrected chi connectivity index (χ1v) is 28.6. The number of benzene rings is 7. The fraction of sp³-hybridized carbons (Fsp3) is 0.400. The molecular formula is C70H79BN4. The summed E-state index contributed by atoms with van der Waals surface area (Å²) < 4.78 is 0. The summed E-state index contributed by atoms with van der Waals surface area (Å²) in [7, 11) is 0. The average Bonchev–Trinajstić information content (AvgIpc) is 3.79. The molecule has 382 valence electrons. The monoisotopic (exact) mass is 987 g/mol. The van der Waals surface area contributed by atoms with Gasteiger partial charge in [0.25, 0.3) is 6.71 Å². The number of anilines is 10. The van der Waals surface area contributed by atoms with Crippen molar-refractivity contribution in [1.29, 1.82) is 0 Å². The molecule has 0 N–H and O–H groups in total. The predicted octanol–water partition coefficient (Wildman–Crippen LogP) is 17.1. The highest BCUT2D eigenvalue weighted by atomic mass is 15.3. The highest BCUT2D eigenvalue weighted by molar-refractivity contribution is 7.00. The SMILES string of the molecule is CC(C)(C)c1ccc(N2c3ccc(N4c5ccc(C(C)(C)C)cc5C5(C)CCCCC45C)cc3B3c4ccccc4N(c4ccccc4)c4cc(N5c6ccc(C(C)(C)C)cc6C6(C)CCCCC56C)cc2c43)cc1. The Bertz CT molecular complexity index is 3450. The molecule has 0 saturated heterocycles. The summed E-state index contributed by atoms with van der Waals surface area (Å²) in [4.78, 5) is 10.9. The quantitative estimate of drug-likeness (QED) is 0.163. The van der Waals surface area contributed by atoms with Crippen LogP contribution in [0.1, 0.15) is 169 Å². The average molecular weight is 987 g/mol. The van der Waals surface area contributed by atoms with Crippen LogP contribution in [0.25, 0.3) is 0 Å². The molecule has 5 heteroatoms. The van der Waals surface area contributed by atoms with Gasteiger partial charge in [0.05, 0.1) is 11.1 Å². The molecule has 2 aliphatic carbocycles. The van der Waals surface area contributed by atoms with Crippen molar-refractivity contribution in [2.45, 2.75) is 180 Å². The van der Waals surface area contributed by atoms with E-state index in [0.717, 1.165) is 12.8 Å². The van der Waals surface area contributed by atoms with Crippen LogP contribution in [0.15, 0.2) is 146 Å². The summed E-state index contributed by atoms with van der Waals surface area (Å²) in [5.74, 6) is 0. The van der Waals surface area contributed by atoms with Gasteiger partial charge < -0.3 is 19.6 Å². The minimum absolute atomic E-state index is 0.00751. The van der Waals surface area contributed by atoms with Crippen LogP contribution < -0.4 is 36.0 Å². The van der Waals surface area contributed by atoms with Gasteiger partial charge in [-0.25, -0.2) is 0 Å². The molecule has 0 spiro atoms. The van der Waals surface area contributed by atoms with Gasteiger partial charge in [0.15, 0.2) is 0 Å². The standard InChI is InChI=1S/C70H79BN4/c1-64(2,3)46-27-31-50(32-28-46)73-60-36-33-51(74-57-34-29-47(65(4,5)6)41-53(57)67(10)37-19-21-39-69(67,74)12)43-56(60)71-55-25-17-18-26-59(55)72(49-23-15-14-16-24-49)61-44-52(45-62(73)63(61)71)75-58-35-30-48(66(7,8)9)42-54(58)68(11)38-20-22-40-70(68,75)13/h14-18,23-36,41-45H,19-22,37-40H2,1-13H3. The Labute approximate surface area is 450 Å². The molecule has 4 atom stereocenters. The molecule has 13 rings (SSSR count). The number of rotatable bonds is 4. The second-order valence-electron chi connectivity index (χ2n) is 27.7. The number of nitrogens with zero attached hydrogens (tertiary/aromatic N) is 4. The van der Waals surface area contributed by atoms with Gasteiger partial charge in [-0.3, -0.25) is 0 Å². The molecule has 4 aliphatic heterocycles. The lowest BCUT2D eigenvalue weighted by Gasteiger charge is -2.51. The van der Waals surface area contributed by atoms with Crippen LogP contribution >= 0.6 is 0 Å². The molecule has 0 amide bonds. The van der Waals surface area contributed by atoms with Gasteiger partial charge in [-0.1, -0.05) is 175 Å². The first kappa shape index (κ1) is 48.4. The molecule has 7 aromatic carbocycles. The number of hydrogen-bond acceptors (Lipinski definition) is 4. The summed E-state index contributed by atoms with van der Waals surface area (Å²) in [6, 6.07) is 58.0. The van der Waals surface area contributed by atoms with Gasteiger partial charge in [0.1, 0.15) is 0 Å². The fourth-order valence-electron chi connectivity index (χ4n) is 15.6. The smallest absolute Gasteiger partial charge is 0.252 e. The Hall–Kier alpha value is -6.20. The van der Waals surface area contributed by atoms with E-state index in [1.165, 1.54) is 140 Å². The van der Waals surface area contributed by atoms with Crippen LogP contribution in [0.4, 0.5) is 56.9 Å². The van der Waals surface area contributed by atoms with Crippen molar-refractivity contribution in [2.24, 2.45) is 0 Å². The molecule has 2 saturated carbocycles. The summed E-state index contributed by atoms with van der Waals surface area (Å²) >= 11 is 0. The van der Waals surface area contributed by atoms with Crippen LogP contribution in [0.5, 0.6) is 0 Å². The van der Waals surface area contributed by atoms with Gasteiger partial charge in [-0.15, -0.1) is 0 Å². The molecule has 4 heterocycles. The number of fused-ring (bicyclic) bond motifs is 10. The maximum atomic E-state index is 2.82. The largest absolute Gasteiger partial charge is 0.334 e. The molecule has 4 nitrogen and oxygen atoms in total. The number of hydrogen-bond donors (Lipinski definition) is 0. The highest BCUT2D eigenvalue weighted by Crippen LogP contribution is 2.64. The topological polar surface area (TPSA) is 13.0 Å². The second-order valence-corrected chi connectivity index (χ2v) is 27.7. The van der Waals surface area contributed by atoms with Crippen molar-refractivity contribution in [3.05, 3.63) is 173 Å². The van der Waals surface area contributed by atoms with E-state index in [0.29, 0.717) is 0 Å². The van der Waals surface area contributed by atoms with Crippen LogP contribution in [0.2, 0.25) is 0 Å². The molecule has 0 bridgehead atoms. The lowest BCUT2D eigenvalue weighted by Crippen LogP contribution is -2.62. The minimum Gasteiger partial charge on any atom is -0.334 e. The van der Waals surface area contributed by atoms with Gasteiger partial charge >= 0.3 is 0 Å². The Morgan fingerprint density at radius 2 is 0.787 bits per heavy atom. The van der Waals surface area contributed by atoms with Crippen molar-refractivity contribution in [1.82, 2.24) is 0 Å². The van der Waals surface area contributed by atoms with E-state index in [1.54, 1.807) is 0 Å². The van der Waals surface area contributed by atoms with Crippen LogP contribution in [-0.2, 0) is 27.1 Å². The maximum Gasteiger partial charge on any atom is 0.252 e. The van der Waals surface area contributed by atoms with Gasteiger partial charge in [0.2, 0.25) is 0 Å². The third-order valence-electron chi connectivity index (χ3n) is 20.4. The molecule has 4 unspecified atom stereocenters. The molecule has 0 radical (unpaired) electrons. The van der Waals surface area contributed by atoms with Gasteiger partial charge in [-0.05, 0) is 173 Å². The Balaban J connectivity index is 1.10. The third-order valence-corrected chi connectivity index (χ3v) is 20.4. The van der Waals surface area contributed by atoms with Crippen molar-refractivity contribution >= 4 is 80.0 Å². The van der Waals surface area contributed by atoms with E-state index in [1.807, 2.05) is 0 Å². The zero-order chi connectivity index (χ0) is 52.4. The van der Waals surface area contributed by atoms with Crippen molar-refractivity contribution in [2.75, 3.05) is 19.6 Å². The minimum atomic E-state index is -0.126. The van der Waals surface area contributed by atoms with E-state index in [2.05, 4.69) is 255 Å². The Morgan fingerprint density at radius 1 is 0.360 bits per heavy atom. The molecule has 7 aromatic rings. The summed E-state index contributed by atoms with van der Waals surface area (Å²) in [6.45, 7) is 31.6. The predicted molar refractivity (Wildman–Crippen MR) is 322 cm³/mol. The Morgan fingerprint density at radius 3 is 1.32 bits per heavy atom. The van der Waals surface area contributed by atoms with Crippen molar-refractivity contribution in [3.63, 3.8) is 0 Å². The Kier molecular flexibility index (Phi) is 10.4. The zero-order valence-corrected chi connectivity index (χ0v) is 47.4. The van der Waals surface area contributed by atoms with Gasteiger partial charge in [-0.2, -0.15) is 0 Å². The highest BCUT2D eigenvalue weighted by Gasteiger charge is 2.60. The first-order chi connectivity index (χ1) is 35.6. The summed E-state index contributed by atoms with van der Waals surface area (Å²) in [5, 5.41) is 0. The van der Waals surface area contributed by atoms with E-state index in [4.69, 9.17) is 0 Å². The van der Waals surface area contributed by atoms with Gasteiger partial charge in [0, 0.05) is 67.7 Å². The molecule has 2 fully saturated rings. The summed E-state index contributed by atoms with van der Waals surface area (Å²) in [6.07, 6.45) is 9.68. The molecular weight excluding hydrogens is 908 g/mol. The van der Waals surface area contributed by atoms with Crippen LogP contribution in [0, 0.1) is 0 Å². The zero-order valence-electron chi connectivity index (χ0n) is 47.4. The summed E-state index contributed by atoms with van der Waals surface area (Å²) in [5.41, 5.74) is 24.0. The van der Waals surface area contributed by atoms with Crippen LogP contribution in [0.3, 0.4) is 0 Å². The van der Waals surface area contributed by atoms with Crippen molar-refractivity contribution < 1.29 is 0 Å². The first-order valence-electron chi connectivity index (χ1n) is 28.6. The van der Waals surface area contributed by atoms with E-state index in [-0.39, 0.29) is 44.9 Å². The van der Waals surface area contributed by atoms with E-state index >= 15 is 0 Å². The third kappa shape index (κ3) is 6.80. The number of para-hydroxylation sites is 2. The van der Waals surface area contributed by atoms with E-state index < -0.39 is 0 Å². The lowest BCUT2D eigenvalue weighted by molar-refractivity contribution is 0.195. The van der Waals surface area contributed by atoms with E-state index in [9.17, 15) is 0 Å². The van der Waals surface area contributed by atoms with Crippen molar-refractivity contribution in [3.8, 4) is 0 Å².